The Hall–Kier alpha value is -2.37. The number of phenolic OH excluding ortho intramolecular Hbond substituents is 1. The molecule has 0 saturated heterocycles. The number of nitrogens with zero attached hydrogens (tertiary/aromatic N) is 3. The average molecular weight is 205 g/mol. The number of aromatic nitrogens is 3. The molecule has 2 rings (SSSR count). The summed E-state index contributed by atoms with van der Waals surface area (Å²) in [6.45, 7) is 0. The highest BCUT2D eigenvalue weighted by atomic mass is 16.4. The lowest BCUT2D eigenvalue weighted by molar-refractivity contribution is 0.0696. The van der Waals surface area contributed by atoms with Crippen LogP contribution in [0.25, 0.3) is 5.69 Å². The summed E-state index contributed by atoms with van der Waals surface area (Å²) in [6.07, 6.45) is 2.89. The topological polar surface area (TPSA) is 88.2 Å². The normalized spacial score (nSPS) is 10.1. The van der Waals surface area contributed by atoms with E-state index in [-0.39, 0.29) is 11.3 Å². The quantitative estimate of drug-likeness (QED) is 0.752. The van der Waals surface area contributed by atoms with Gasteiger partial charge < -0.3 is 10.2 Å². The second-order valence-electron chi connectivity index (χ2n) is 2.83. The molecule has 2 aromatic rings. The molecule has 0 aliphatic carbocycles. The molecular formula is C9H7N3O3. The third-order valence-corrected chi connectivity index (χ3v) is 1.84. The molecule has 0 radical (unpaired) electrons. The summed E-state index contributed by atoms with van der Waals surface area (Å²) in [5.41, 5.74) is 0.261. The molecule has 2 N–H and O–H groups in total. The third kappa shape index (κ3) is 1.64. The summed E-state index contributed by atoms with van der Waals surface area (Å²) in [5.74, 6) is -1.25. The van der Waals surface area contributed by atoms with Crippen LogP contribution in [0.1, 0.15) is 10.4 Å². The van der Waals surface area contributed by atoms with Gasteiger partial charge in [0, 0.05) is 0 Å². The molecule has 0 aliphatic heterocycles. The summed E-state index contributed by atoms with van der Waals surface area (Å²) in [4.78, 5) is 12.1. The summed E-state index contributed by atoms with van der Waals surface area (Å²) in [7, 11) is 0. The summed E-state index contributed by atoms with van der Waals surface area (Å²) >= 11 is 0. The molecule has 15 heavy (non-hydrogen) atoms. The van der Waals surface area contributed by atoms with Crippen molar-refractivity contribution in [1.29, 1.82) is 0 Å². The smallest absolute Gasteiger partial charge is 0.338 e. The SMILES string of the molecule is O=C(O)c1cc(O)ccc1-n1nccn1. The van der Waals surface area contributed by atoms with Gasteiger partial charge in [-0.05, 0) is 18.2 Å². The number of carbonyl (C=O) groups is 1. The second kappa shape index (κ2) is 3.41. The van der Waals surface area contributed by atoms with Crippen molar-refractivity contribution >= 4 is 5.97 Å². The van der Waals surface area contributed by atoms with Gasteiger partial charge in [0.1, 0.15) is 11.4 Å². The number of phenols is 1. The van der Waals surface area contributed by atoms with Crippen LogP contribution < -0.4 is 0 Å². The molecule has 0 amide bonds. The van der Waals surface area contributed by atoms with Crippen LogP contribution in [0.5, 0.6) is 5.75 Å². The highest BCUT2D eigenvalue weighted by molar-refractivity contribution is 5.92. The molecule has 0 aliphatic rings. The van der Waals surface area contributed by atoms with Gasteiger partial charge >= 0.3 is 5.97 Å². The highest BCUT2D eigenvalue weighted by Crippen LogP contribution is 2.18. The minimum absolute atomic E-state index is 0.0498. The maximum absolute atomic E-state index is 10.9. The van der Waals surface area contributed by atoms with Crippen LogP contribution in [-0.2, 0) is 0 Å². The van der Waals surface area contributed by atoms with Gasteiger partial charge in [-0.25, -0.2) is 4.79 Å². The lowest BCUT2D eigenvalue weighted by Crippen LogP contribution is -2.07. The molecule has 1 heterocycles. The molecule has 0 unspecified atom stereocenters. The van der Waals surface area contributed by atoms with E-state index in [2.05, 4.69) is 10.2 Å². The van der Waals surface area contributed by atoms with Crippen LogP contribution in [0.4, 0.5) is 0 Å². The van der Waals surface area contributed by atoms with E-state index in [1.807, 2.05) is 0 Å². The Morgan fingerprint density at radius 2 is 1.93 bits per heavy atom. The fourth-order valence-electron chi connectivity index (χ4n) is 1.21. The first kappa shape index (κ1) is 9.20. The minimum atomic E-state index is -1.14. The van der Waals surface area contributed by atoms with Crippen molar-refractivity contribution in [3.63, 3.8) is 0 Å². The molecule has 0 fully saturated rings. The maximum Gasteiger partial charge on any atom is 0.338 e. The molecule has 76 valence electrons. The predicted molar refractivity (Wildman–Crippen MR) is 50.0 cm³/mol. The Morgan fingerprint density at radius 3 is 2.53 bits per heavy atom. The van der Waals surface area contributed by atoms with Crippen LogP contribution in [0.2, 0.25) is 0 Å². The number of carboxylic acid groups (broad SMARTS) is 1. The molecule has 0 saturated carbocycles. The number of aromatic carboxylic acids is 1. The number of hydrogen-bond acceptors (Lipinski definition) is 4. The van der Waals surface area contributed by atoms with Crippen molar-refractivity contribution in [2.75, 3.05) is 0 Å². The van der Waals surface area contributed by atoms with Gasteiger partial charge in [-0.2, -0.15) is 15.0 Å². The molecule has 1 aromatic carbocycles. The summed E-state index contributed by atoms with van der Waals surface area (Å²) in [5, 5.41) is 25.7. The fraction of sp³-hybridized carbons (Fsp3) is 0. The van der Waals surface area contributed by atoms with E-state index >= 15 is 0 Å². The van der Waals surface area contributed by atoms with Crippen molar-refractivity contribution in [2.24, 2.45) is 0 Å². The van der Waals surface area contributed by atoms with Gasteiger partial charge in [0.05, 0.1) is 18.0 Å². The van der Waals surface area contributed by atoms with Crippen molar-refractivity contribution < 1.29 is 15.0 Å². The van der Waals surface area contributed by atoms with Crippen molar-refractivity contribution in [1.82, 2.24) is 15.0 Å². The average Bonchev–Trinajstić information content (AvgIpc) is 2.70. The maximum atomic E-state index is 10.9. The standard InChI is InChI=1S/C9H7N3O3/c13-6-1-2-8(7(5-6)9(14)15)12-10-3-4-11-12/h1-5,13H,(H,14,15). The summed E-state index contributed by atoms with van der Waals surface area (Å²) < 4.78 is 0. The Bertz CT molecular complexity index is 493. The van der Waals surface area contributed by atoms with Gasteiger partial charge in [0.15, 0.2) is 0 Å². The molecule has 0 atom stereocenters. The van der Waals surface area contributed by atoms with Gasteiger partial charge in [0.25, 0.3) is 0 Å². The van der Waals surface area contributed by atoms with Crippen LogP contribution in [-0.4, -0.2) is 31.2 Å². The van der Waals surface area contributed by atoms with E-state index in [4.69, 9.17) is 5.11 Å². The Balaban J connectivity index is 2.61. The molecule has 1 aromatic heterocycles. The van der Waals surface area contributed by atoms with Crippen molar-refractivity contribution in [2.45, 2.75) is 0 Å². The number of hydrogen-bond donors (Lipinski definition) is 2. The fourth-order valence-corrected chi connectivity index (χ4v) is 1.21. The number of benzene rings is 1. The number of carboxylic acids is 1. The number of aromatic hydroxyl groups is 1. The first-order valence-corrected chi connectivity index (χ1v) is 4.11. The minimum Gasteiger partial charge on any atom is -0.508 e. The van der Waals surface area contributed by atoms with Gasteiger partial charge in [-0.3, -0.25) is 0 Å². The first-order chi connectivity index (χ1) is 7.18. The highest BCUT2D eigenvalue weighted by Gasteiger charge is 2.13. The first-order valence-electron chi connectivity index (χ1n) is 4.11. The van der Waals surface area contributed by atoms with Crippen molar-refractivity contribution in [3.8, 4) is 11.4 Å². The van der Waals surface area contributed by atoms with Gasteiger partial charge in [0.2, 0.25) is 0 Å². The zero-order valence-corrected chi connectivity index (χ0v) is 7.53. The molecule has 6 heteroatoms. The summed E-state index contributed by atoms with van der Waals surface area (Å²) in [6, 6.07) is 3.98. The Labute approximate surface area is 84.4 Å². The monoisotopic (exact) mass is 205 g/mol. The van der Waals surface area contributed by atoms with E-state index in [9.17, 15) is 9.90 Å². The van der Waals surface area contributed by atoms with E-state index in [1.165, 1.54) is 29.3 Å². The largest absolute Gasteiger partial charge is 0.508 e. The van der Waals surface area contributed by atoms with Gasteiger partial charge in [-0.1, -0.05) is 0 Å². The van der Waals surface area contributed by atoms with Crippen LogP contribution in [0.15, 0.2) is 30.6 Å². The number of rotatable bonds is 2. The Morgan fingerprint density at radius 1 is 1.27 bits per heavy atom. The zero-order chi connectivity index (χ0) is 10.8. The van der Waals surface area contributed by atoms with Crippen LogP contribution >= 0.6 is 0 Å². The van der Waals surface area contributed by atoms with E-state index in [0.29, 0.717) is 5.69 Å². The zero-order valence-electron chi connectivity index (χ0n) is 7.53. The molecule has 0 spiro atoms. The third-order valence-electron chi connectivity index (χ3n) is 1.84. The van der Waals surface area contributed by atoms with Crippen LogP contribution in [0.3, 0.4) is 0 Å². The predicted octanol–water partition coefficient (Wildman–Crippen LogP) is 0.671. The van der Waals surface area contributed by atoms with Gasteiger partial charge in [-0.15, -0.1) is 0 Å². The Kier molecular flexibility index (Phi) is 2.09. The van der Waals surface area contributed by atoms with E-state index in [1.54, 1.807) is 0 Å². The van der Waals surface area contributed by atoms with Crippen molar-refractivity contribution in [3.05, 3.63) is 36.2 Å². The molecular weight excluding hydrogens is 198 g/mol. The molecule has 6 nitrogen and oxygen atoms in total. The van der Waals surface area contributed by atoms with Crippen LogP contribution in [0, 0.1) is 0 Å². The lowest BCUT2D eigenvalue weighted by Gasteiger charge is -2.04. The van der Waals surface area contributed by atoms with E-state index in [0.717, 1.165) is 6.07 Å². The molecule has 0 bridgehead atoms. The van der Waals surface area contributed by atoms with E-state index < -0.39 is 5.97 Å². The second-order valence-corrected chi connectivity index (χ2v) is 2.83. The lowest BCUT2D eigenvalue weighted by atomic mass is 10.2.